The van der Waals surface area contributed by atoms with Crippen LogP contribution < -0.4 is 5.32 Å². The lowest BCUT2D eigenvalue weighted by Crippen LogP contribution is -2.63. The van der Waals surface area contributed by atoms with Gasteiger partial charge in [-0.25, -0.2) is 0 Å². The van der Waals surface area contributed by atoms with Gasteiger partial charge in [-0.15, -0.1) is 0 Å². The predicted octanol–water partition coefficient (Wildman–Crippen LogP) is 0.383. The minimum Gasteiger partial charge on any atom is -0.472 e. The summed E-state index contributed by atoms with van der Waals surface area (Å²) in [6, 6.07) is 1.56. The molecule has 0 unspecified atom stereocenters. The van der Waals surface area contributed by atoms with E-state index in [0.29, 0.717) is 25.1 Å². The summed E-state index contributed by atoms with van der Waals surface area (Å²) in [4.78, 5) is 24.9. The van der Waals surface area contributed by atoms with E-state index in [1.165, 1.54) is 12.5 Å². The van der Waals surface area contributed by atoms with Crippen LogP contribution in [0.4, 0.5) is 0 Å². The lowest BCUT2D eigenvalue weighted by atomic mass is 9.91. The molecule has 2 rings (SSSR count). The molecule has 1 aliphatic rings. The number of amides is 2. The van der Waals surface area contributed by atoms with E-state index in [0.717, 1.165) is 0 Å². The topological polar surface area (TPSA) is 82.8 Å². The summed E-state index contributed by atoms with van der Waals surface area (Å²) >= 11 is 0. The smallest absolute Gasteiger partial charge is 0.254 e. The van der Waals surface area contributed by atoms with Crippen molar-refractivity contribution >= 4 is 11.8 Å². The van der Waals surface area contributed by atoms with Crippen molar-refractivity contribution in [1.29, 1.82) is 0 Å². The van der Waals surface area contributed by atoms with E-state index in [1.54, 1.807) is 11.0 Å². The second kappa shape index (κ2) is 5.44. The quantitative estimate of drug-likeness (QED) is 0.807. The minimum absolute atomic E-state index is 0.0504. The number of hydrogen-bond acceptors (Lipinski definition) is 4. The number of rotatable bonds is 5. The van der Waals surface area contributed by atoms with Gasteiger partial charge in [-0.05, 0) is 12.5 Å². The number of aliphatic hydroxyl groups is 1. The zero-order chi connectivity index (χ0) is 13.9. The molecule has 0 aliphatic carbocycles. The summed E-state index contributed by atoms with van der Waals surface area (Å²) in [5, 5.41) is 12.4. The van der Waals surface area contributed by atoms with Crippen LogP contribution in [0, 0.1) is 0 Å². The first-order valence-electron chi connectivity index (χ1n) is 6.34. The van der Waals surface area contributed by atoms with E-state index in [1.807, 2.05) is 6.92 Å². The molecule has 2 N–H and O–H groups in total. The van der Waals surface area contributed by atoms with E-state index in [-0.39, 0.29) is 24.8 Å². The Morgan fingerprint density at radius 3 is 2.84 bits per heavy atom. The van der Waals surface area contributed by atoms with Crippen molar-refractivity contribution in [3.05, 3.63) is 24.2 Å². The maximum Gasteiger partial charge on any atom is 0.254 e. The molecule has 6 heteroatoms. The molecular formula is C13H18N2O4. The highest BCUT2D eigenvalue weighted by atomic mass is 16.3. The molecule has 1 saturated heterocycles. The summed E-state index contributed by atoms with van der Waals surface area (Å²) in [5.74, 6) is -0.305. The van der Waals surface area contributed by atoms with E-state index in [2.05, 4.69) is 5.32 Å². The molecular weight excluding hydrogens is 248 g/mol. The van der Waals surface area contributed by atoms with Gasteiger partial charge in [0.25, 0.3) is 5.91 Å². The van der Waals surface area contributed by atoms with E-state index < -0.39 is 5.60 Å². The fourth-order valence-electron chi connectivity index (χ4n) is 2.00. The molecule has 2 amide bonds. The average molecular weight is 266 g/mol. The molecule has 1 aliphatic heterocycles. The Balaban J connectivity index is 1.67. The maximum atomic E-state index is 11.7. The summed E-state index contributed by atoms with van der Waals surface area (Å²) in [7, 11) is 0. The second-order valence-electron chi connectivity index (χ2n) is 4.85. The van der Waals surface area contributed by atoms with Crippen LogP contribution in [0.1, 0.15) is 30.1 Å². The van der Waals surface area contributed by atoms with Gasteiger partial charge in [0.15, 0.2) is 0 Å². The lowest BCUT2D eigenvalue weighted by molar-refractivity contribution is -0.155. The molecule has 104 valence electrons. The van der Waals surface area contributed by atoms with E-state index >= 15 is 0 Å². The summed E-state index contributed by atoms with van der Waals surface area (Å²) < 4.78 is 4.80. The fourth-order valence-corrected chi connectivity index (χ4v) is 2.00. The van der Waals surface area contributed by atoms with Crippen molar-refractivity contribution in [1.82, 2.24) is 10.2 Å². The largest absolute Gasteiger partial charge is 0.472 e. The zero-order valence-electron chi connectivity index (χ0n) is 10.9. The molecule has 1 fully saturated rings. The van der Waals surface area contributed by atoms with Crippen LogP contribution in [0.25, 0.3) is 0 Å². The van der Waals surface area contributed by atoms with Crippen molar-refractivity contribution in [3.63, 3.8) is 0 Å². The number of carbonyl (C=O) groups excluding carboxylic acids is 2. The van der Waals surface area contributed by atoms with Gasteiger partial charge in [0.1, 0.15) is 6.26 Å². The fraction of sp³-hybridized carbons (Fsp3) is 0.538. The number of carbonyl (C=O) groups is 2. The van der Waals surface area contributed by atoms with Gasteiger partial charge in [-0.1, -0.05) is 6.92 Å². The Bertz CT molecular complexity index is 449. The van der Waals surface area contributed by atoms with Crippen LogP contribution in [0.3, 0.4) is 0 Å². The van der Waals surface area contributed by atoms with Gasteiger partial charge in [-0.2, -0.15) is 0 Å². The van der Waals surface area contributed by atoms with Crippen LogP contribution in [0.2, 0.25) is 0 Å². The monoisotopic (exact) mass is 266 g/mol. The van der Waals surface area contributed by atoms with E-state index in [9.17, 15) is 14.7 Å². The van der Waals surface area contributed by atoms with Crippen molar-refractivity contribution in [2.24, 2.45) is 0 Å². The lowest BCUT2D eigenvalue weighted by Gasteiger charge is -2.46. The van der Waals surface area contributed by atoms with E-state index in [4.69, 9.17) is 4.42 Å². The third-order valence-corrected chi connectivity index (χ3v) is 3.39. The van der Waals surface area contributed by atoms with Gasteiger partial charge in [0, 0.05) is 13.0 Å². The highest BCUT2D eigenvalue weighted by molar-refractivity contribution is 5.94. The SMILES string of the molecule is CCC1(O)CN(C(=O)CCNC(=O)c2ccoc2)C1. The van der Waals surface area contributed by atoms with Gasteiger partial charge < -0.3 is 19.7 Å². The second-order valence-corrected chi connectivity index (χ2v) is 4.85. The molecule has 1 aromatic heterocycles. The number of hydrogen-bond donors (Lipinski definition) is 2. The minimum atomic E-state index is -0.713. The number of furan rings is 1. The van der Waals surface area contributed by atoms with Gasteiger partial charge >= 0.3 is 0 Å². The molecule has 0 spiro atoms. The van der Waals surface area contributed by atoms with Crippen LogP contribution in [-0.2, 0) is 4.79 Å². The predicted molar refractivity (Wildman–Crippen MR) is 67.5 cm³/mol. The standard InChI is InChI=1S/C13H18N2O4/c1-2-13(18)8-15(9-13)11(16)3-5-14-12(17)10-4-6-19-7-10/h4,6-7,18H,2-3,5,8-9H2,1H3,(H,14,17). The Morgan fingerprint density at radius 2 is 2.26 bits per heavy atom. The van der Waals surface area contributed by atoms with Crippen molar-refractivity contribution in [3.8, 4) is 0 Å². The van der Waals surface area contributed by atoms with Crippen LogP contribution in [0.15, 0.2) is 23.0 Å². The third-order valence-electron chi connectivity index (χ3n) is 3.39. The third kappa shape index (κ3) is 3.14. The van der Waals surface area contributed by atoms with Crippen molar-refractivity contribution in [2.75, 3.05) is 19.6 Å². The number of likely N-dealkylation sites (tertiary alicyclic amines) is 1. The number of nitrogens with one attached hydrogen (secondary N) is 1. The van der Waals surface area contributed by atoms with Crippen LogP contribution >= 0.6 is 0 Å². The Hall–Kier alpha value is -1.82. The maximum absolute atomic E-state index is 11.7. The van der Waals surface area contributed by atoms with Crippen molar-refractivity contribution < 1.29 is 19.1 Å². The Morgan fingerprint density at radius 1 is 1.53 bits per heavy atom. The van der Waals surface area contributed by atoms with Gasteiger partial charge in [-0.3, -0.25) is 9.59 Å². The highest BCUT2D eigenvalue weighted by Gasteiger charge is 2.41. The average Bonchev–Trinajstić information content (AvgIpc) is 2.88. The first-order chi connectivity index (χ1) is 9.04. The van der Waals surface area contributed by atoms with Crippen molar-refractivity contribution in [2.45, 2.75) is 25.4 Å². The first-order valence-corrected chi connectivity index (χ1v) is 6.34. The van der Waals surface area contributed by atoms with Crippen LogP contribution in [0.5, 0.6) is 0 Å². The molecule has 2 heterocycles. The Kier molecular flexibility index (Phi) is 3.90. The number of nitrogens with zero attached hydrogens (tertiary/aromatic N) is 1. The molecule has 0 atom stereocenters. The van der Waals surface area contributed by atoms with Crippen LogP contribution in [-0.4, -0.2) is 47.1 Å². The molecule has 6 nitrogen and oxygen atoms in total. The molecule has 19 heavy (non-hydrogen) atoms. The molecule has 0 saturated carbocycles. The van der Waals surface area contributed by atoms with Gasteiger partial charge in [0.2, 0.25) is 5.91 Å². The first kappa shape index (κ1) is 13.6. The Labute approximate surface area is 111 Å². The summed E-state index contributed by atoms with van der Waals surface area (Å²) in [5.41, 5.74) is -0.271. The zero-order valence-corrected chi connectivity index (χ0v) is 10.9. The molecule has 0 bridgehead atoms. The summed E-state index contributed by atoms with van der Waals surface area (Å²) in [6.45, 7) is 2.95. The molecule has 1 aromatic rings. The number of β-amino-alcohol motifs (C(OH)–C–C–N with tert-alkyl or cyclic N) is 1. The van der Waals surface area contributed by atoms with Gasteiger partial charge in [0.05, 0.1) is 30.5 Å². The normalized spacial score (nSPS) is 16.8. The summed E-state index contributed by atoms with van der Waals surface area (Å²) in [6.07, 6.45) is 3.66. The molecule has 0 aromatic carbocycles. The highest BCUT2D eigenvalue weighted by Crippen LogP contribution is 2.24. The molecule has 0 radical (unpaired) electrons.